The lowest BCUT2D eigenvalue weighted by Gasteiger charge is -2.11. The van der Waals surface area contributed by atoms with Crippen molar-refractivity contribution in [3.05, 3.63) is 59.9 Å². The topological polar surface area (TPSA) is 51.8 Å². The minimum absolute atomic E-state index is 0.196. The maximum absolute atomic E-state index is 13.0. The van der Waals surface area contributed by atoms with Crippen molar-refractivity contribution in [2.75, 3.05) is 0 Å². The van der Waals surface area contributed by atoms with Crippen LogP contribution in [-0.4, -0.2) is 9.97 Å². The van der Waals surface area contributed by atoms with E-state index in [-0.39, 0.29) is 11.9 Å². The summed E-state index contributed by atoms with van der Waals surface area (Å²) in [7, 11) is 0. The van der Waals surface area contributed by atoms with Crippen molar-refractivity contribution in [3.63, 3.8) is 0 Å². The van der Waals surface area contributed by atoms with Crippen molar-refractivity contribution in [2.24, 2.45) is 5.73 Å². The van der Waals surface area contributed by atoms with Crippen LogP contribution in [0, 0.1) is 5.82 Å². The SMILES string of the molecule is NC(CCc1cccnc1)c1cncc(F)c1. The second-order valence-corrected chi connectivity index (χ2v) is 3.94. The molecule has 0 bridgehead atoms. The zero-order valence-corrected chi connectivity index (χ0v) is 9.38. The Morgan fingerprint density at radius 3 is 2.82 bits per heavy atom. The van der Waals surface area contributed by atoms with Crippen LogP contribution in [-0.2, 0) is 6.42 Å². The molecule has 3 nitrogen and oxygen atoms in total. The van der Waals surface area contributed by atoms with Crippen molar-refractivity contribution < 1.29 is 4.39 Å². The van der Waals surface area contributed by atoms with E-state index >= 15 is 0 Å². The lowest BCUT2D eigenvalue weighted by atomic mass is 10.0. The van der Waals surface area contributed by atoms with Gasteiger partial charge in [0.2, 0.25) is 0 Å². The Morgan fingerprint density at radius 1 is 1.24 bits per heavy atom. The van der Waals surface area contributed by atoms with Crippen molar-refractivity contribution in [3.8, 4) is 0 Å². The van der Waals surface area contributed by atoms with Crippen LogP contribution in [0.5, 0.6) is 0 Å². The van der Waals surface area contributed by atoms with E-state index in [0.29, 0.717) is 0 Å². The highest BCUT2D eigenvalue weighted by atomic mass is 19.1. The molecule has 2 aromatic rings. The first-order valence-corrected chi connectivity index (χ1v) is 5.50. The first kappa shape index (κ1) is 11.7. The van der Waals surface area contributed by atoms with Gasteiger partial charge in [-0.3, -0.25) is 9.97 Å². The third-order valence-electron chi connectivity index (χ3n) is 2.62. The summed E-state index contributed by atoms with van der Waals surface area (Å²) in [5, 5.41) is 0. The number of nitrogens with zero attached hydrogens (tertiary/aromatic N) is 2. The first-order chi connectivity index (χ1) is 8.25. The second kappa shape index (κ2) is 5.50. The normalized spacial score (nSPS) is 12.4. The largest absolute Gasteiger partial charge is 0.324 e. The van der Waals surface area contributed by atoms with Gasteiger partial charge in [0.05, 0.1) is 6.20 Å². The van der Waals surface area contributed by atoms with Crippen LogP contribution in [0.1, 0.15) is 23.6 Å². The second-order valence-electron chi connectivity index (χ2n) is 3.94. The van der Waals surface area contributed by atoms with Crippen LogP contribution in [0.25, 0.3) is 0 Å². The van der Waals surface area contributed by atoms with Gasteiger partial charge in [-0.1, -0.05) is 6.07 Å². The summed E-state index contributed by atoms with van der Waals surface area (Å²) in [6, 6.07) is 5.13. The monoisotopic (exact) mass is 231 g/mol. The van der Waals surface area contributed by atoms with Crippen LogP contribution in [0.3, 0.4) is 0 Å². The number of nitrogens with two attached hydrogens (primary N) is 1. The molecular formula is C13H14FN3. The van der Waals surface area contributed by atoms with Gasteiger partial charge in [0, 0.05) is 24.6 Å². The van der Waals surface area contributed by atoms with Crippen LogP contribution in [0.4, 0.5) is 4.39 Å². The molecule has 0 aliphatic heterocycles. The van der Waals surface area contributed by atoms with Gasteiger partial charge in [0.25, 0.3) is 0 Å². The average Bonchev–Trinajstić information content (AvgIpc) is 2.37. The molecule has 0 aromatic carbocycles. The van der Waals surface area contributed by atoms with Crippen molar-refractivity contribution in [2.45, 2.75) is 18.9 Å². The van der Waals surface area contributed by atoms with Gasteiger partial charge in [-0.25, -0.2) is 4.39 Å². The van der Waals surface area contributed by atoms with E-state index in [1.807, 2.05) is 18.3 Å². The van der Waals surface area contributed by atoms with E-state index in [4.69, 9.17) is 5.73 Å². The predicted octanol–water partition coefficient (Wildman–Crippen LogP) is 2.25. The lowest BCUT2D eigenvalue weighted by molar-refractivity contribution is 0.601. The standard InChI is InChI=1S/C13H14FN3/c14-12-6-11(8-17-9-12)13(15)4-3-10-2-1-5-16-7-10/h1-2,5-9,13H,3-4,15H2. The molecule has 4 heteroatoms. The Kier molecular flexibility index (Phi) is 3.77. The summed E-state index contributed by atoms with van der Waals surface area (Å²) in [5.74, 6) is -0.348. The minimum Gasteiger partial charge on any atom is -0.324 e. The van der Waals surface area contributed by atoms with Gasteiger partial charge >= 0.3 is 0 Å². The van der Waals surface area contributed by atoms with Crippen LogP contribution in [0.15, 0.2) is 43.0 Å². The van der Waals surface area contributed by atoms with Crippen LogP contribution >= 0.6 is 0 Å². The molecular weight excluding hydrogens is 217 g/mol. The molecule has 0 saturated heterocycles. The highest BCUT2D eigenvalue weighted by Crippen LogP contribution is 2.16. The summed E-state index contributed by atoms with van der Waals surface area (Å²) in [6.07, 6.45) is 7.91. The van der Waals surface area contributed by atoms with Crippen molar-refractivity contribution in [1.82, 2.24) is 9.97 Å². The van der Waals surface area contributed by atoms with Crippen LogP contribution in [0.2, 0.25) is 0 Å². The molecule has 0 spiro atoms. The fraction of sp³-hybridized carbons (Fsp3) is 0.231. The number of hydrogen-bond acceptors (Lipinski definition) is 3. The van der Waals surface area contributed by atoms with Gasteiger partial charge in [0.1, 0.15) is 5.82 Å². The van der Waals surface area contributed by atoms with E-state index in [2.05, 4.69) is 9.97 Å². The fourth-order valence-electron chi connectivity index (χ4n) is 1.67. The molecule has 2 aromatic heterocycles. The van der Waals surface area contributed by atoms with Crippen molar-refractivity contribution >= 4 is 0 Å². The highest BCUT2D eigenvalue weighted by molar-refractivity contribution is 5.16. The Balaban J connectivity index is 1.96. The van der Waals surface area contributed by atoms with Gasteiger partial charge in [-0.15, -0.1) is 0 Å². The summed E-state index contributed by atoms with van der Waals surface area (Å²) in [5.41, 5.74) is 7.85. The molecule has 0 amide bonds. The van der Waals surface area contributed by atoms with Crippen LogP contribution < -0.4 is 5.73 Å². The zero-order chi connectivity index (χ0) is 12.1. The fourth-order valence-corrected chi connectivity index (χ4v) is 1.67. The molecule has 2 N–H and O–H groups in total. The summed E-state index contributed by atoms with van der Waals surface area (Å²) < 4.78 is 13.0. The van der Waals surface area contributed by atoms with Crippen molar-refractivity contribution in [1.29, 1.82) is 0 Å². The van der Waals surface area contributed by atoms with E-state index in [0.717, 1.165) is 24.0 Å². The molecule has 1 unspecified atom stereocenters. The number of rotatable bonds is 4. The lowest BCUT2D eigenvalue weighted by Crippen LogP contribution is -2.12. The molecule has 0 radical (unpaired) electrons. The molecule has 0 aliphatic rings. The maximum atomic E-state index is 13.0. The summed E-state index contributed by atoms with van der Waals surface area (Å²) in [4.78, 5) is 7.83. The van der Waals surface area contributed by atoms with E-state index in [9.17, 15) is 4.39 Å². The molecule has 0 fully saturated rings. The van der Waals surface area contributed by atoms with Gasteiger partial charge in [0.15, 0.2) is 0 Å². The first-order valence-electron chi connectivity index (χ1n) is 5.50. The molecule has 0 saturated carbocycles. The number of halogens is 1. The molecule has 88 valence electrons. The third-order valence-corrected chi connectivity index (χ3v) is 2.62. The van der Waals surface area contributed by atoms with E-state index in [1.54, 1.807) is 12.4 Å². The average molecular weight is 231 g/mol. The number of pyridine rings is 2. The molecule has 17 heavy (non-hydrogen) atoms. The molecule has 2 heterocycles. The number of aromatic nitrogens is 2. The maximum Gasteiger partial charge on any atom is 0.141 e. The Bertz CT molecular complexity index is 473. The summed E-state index contributed by atoms with van der Waals surface area (Å²) in [6.45, 7) is 0. The number of aryl methyl sites for hydroxylation is 1. The molecule has 0 aliphatic carbocycles. The summed E-state index contributed by atoms with van der Waals surface area (Å²) >= 11 is 0. The molecule has 1 atom stereocenters. The Morgan fingerprint density at radius 2 is 2.12 bits per heavy atom. The van der Waals surface area contributed by atoms with Gasteiger partial charge in [-0.05, 0) is 36.1 Å². The number of hydrogen-bond donors (Lipinski definition) is 1. The minimum atomic E-state index is -0.348. The smallest absolute Gasteiger partial charge is 0.141 e. The van der Waals surface area contributed by atoms with E-state index < -0.39 is 0 Å². The zero-order valence-electron chi connectivity index (χ0n) is 9.38. The van der Waals surface area contributed by atoms with E-state index in [1.165, 1.54) is 12.3 Å². The highest BCUT2D eigenvalue weighted by Gasteiger charge is 2.07. The third kappa shape index (κ3) is 3.32. The Labute approximate surface area is 99.5 Å². The Hall–Kier alpha value is -1.81. The van der Waals surface area contributed by atoms with Gasteiger partial charge < -0.3 is 5.73 Å². The quantitative estimate of drug-likeness (QED) is 0.878. The predicted molar refractivity (Wildman–Crippen MR) is 63.7 cm³/mol. The van der Waals surface area contributed by atoms with Gasteiger partial charge in [-0.2, -0.15) is 0 Å². The molecule has 2 rings (SSSR count).